The molecule has 0 bridgehead atoms. The van der Waals surface area contributed by atoms with Crippen LogP contribution in [-0.2, 0) is 7.05 Å². The van der Waals surface area contributed by atoms with Gasteiger partial charge < -0.3 is 0 Å². The molecule has 0 unspecified atom stereocenters. The predicted octanol–water partition coefficient (Wildman–Crippen LogP) is 7.55. The van der Waals surface area contributed by atoms with E-state index in [0.29, 0.717) is 11.8 Å². The van der Waals surface area contributed by atoms with Crippen LogP contribution in [0.1, 0.15) is 56.2 Å². The van der Waals surface area contributed by atoms with Crippen molar-refractivity contribution in [3.8, 4) is 22.4 Å². The van der Waals surface area contributed by atoms with Crippen molar-refractivity contribution in [1.29, 1.82) is 0 Å². The zero-order chi connectivity index (χ0) is 21.4. The molecule has 30 heavy (non-hydrogen) atoms. The lowest BCUT2D eigenvalue weighted by atomic mass is 9.86. The minimum Gasteiger partial charge on any atom is -0.200 e. The van der Waals surface area contributed by atoms with Gasteiger partial charge in [0.1, 0.15) is 7.05 Å². The van der Waals surface area contributed by atoms with Gasteiger partial charge in [-0.3, -0.25) is 0 Å². The van der Waals surface area contributed by atoms with E-state index in [4.69, 9.17) is 0 Å². The molecule has 0 amide bonds. The summed E-state index contributed by atoms with van der Waals surface area (Å²) in [5, 5.41) is 2.59. The lowest BCUT2D eigenvalue weighted by molar-refractivity contribution is -0.659. The van der Waals surface area contributed by atoms with Gasteiger partial charge in [-0.15, -0.1) is 0 Å². The minimum absolute atomic E-state index is 0.506. The second kappa shape index (κ2) is 8.07. The molecule has 0 aliphatic rings. The topological polar surface area (TPSA) is 3.88 Å². The molecule has 0 fully saturated rings. The van der Waals surface area contributed by atoms with Gasteiger partial charge >= 0.3 is 0 Å². The van der Waals surface area contributed by atoms with Crippen molar-refractivity contribution < 1.29 is 4.57 Å². The molecule has 0 N–H and O–H groups in total. The Labute approximate surface area is 181 Å². The Hall–Kier alpha value is -2.93. The van der Waals surface area contributed by atoms with Crippen molar-refractivity contribution in [2.75, 3.05) is 0 Å². The first-order valence-electron chi connectivity index (χ1n) is 11.0. The molecular formula is C29H32N+. The summed E-state index contributed by atoms with van der Waals surface area (Å²) in [6.07, 6.45) is 2.20. The standard InChI is InChI=1S/C29H32N/c1-19(2)25-17-27(20(3)4)21(5)28(18-25)29-26-13-12-23(22-10-8-7-9-11-22)16-24(26)14-15-30(29)6/h7-20H,1-6H3/q+1. The third-order valence-corrected chi connectivity index (χ3v) is 6.26. The summed E-state index contributed by atoms with van der Waals surface area (Å²) >= 11 is 0. The first kappa shape index (κ1) is 20.3. The van der Waals surface area contributed by atoms with Gasteiger partial charge in [0, 0.05) is 6.07 Å². The van der Waals surface area contributed by atoms with E-state index in [1.54, 1.807) is 0 Å². The molecule has 0 spiro atoms. The summed E-state index contributed by atoms with van der Waals surface area (Å²) in [5.74, 6) is 1.01. The summed E-state index contributed by atoms with van der Waals surface area (Å²) in [4.78, 5) is 0. The quantitative estimate of drug-likeness (QED) is 0.315. The van der Waals surface area contributed by atoms with Crippen molar-refractivity contribution in [2.24, 2.45) is 7.05 Å². The Bertz CT molecular complexity index is 1200. The zero-order valence-corrected chi connectivity index (χ0v) is 19.0. The molecule has 4 aromatic rings. The first-order chi connectivity index (χ1) is 14.4. The summed E-state index contributed by atoms with van der Waals surface area (Å²) in [6.45, 7) is 11.4. The second-order valence-electron chi connectivity index (χ2n) is 9.04. The fourth-order valence-electron chi connectivity index (χ4n) is 4.46. The Balaban J connectivity index is 1.98. The van der Waals surface area contributed by atoms with Crippen LogP contribution in [0.4, 0.5) is 0 Å². The Morgan fingerprint density at radius 3 is 2.13 bits per heavy atom. The average molecular weight is 395 g/mol. The highest BCUT2D eigenvalue weighted by Gasteiger charge is 2.21. The Morgan fingerprint density at radius 1 is 0.733 bits per heavy atom. The second-order valence-corrected chi connectivity index (χ2v) is 9.04. The number of fused-ring (bicyclic) bond motifs is 1. The van der Waals surface area contributed by atoms with E-state index in [0.717, 1.165) is 0 Å². The monoisotopic (exact) mass is 394 g/mol. The number of hydrogen-bond acceptors (Lipinski definition) is 0. The smallest absolute Gasteiger partial charge is 0.200 e. The van der Waals surface area contributed by atoms with E-state index >= 15 is 0 Å². The van der Waals surface area contributed by atoms with Crippen LogP contribution in [-0.4, -0.2) is 0 Å². The fraction of sp³-hybridized carbons (Fsp3) is 0.276. The fourth-order valence-corrected chi connectivity index (χ4v) is 4.46. The predicted molar refractivity (Wildman–Crippen MR) is 129 cm³/mol. The number of hydrogen-bond donors (Lipinski definition) is 0. The normalized spacial score (nSPS) is 11.6. The van der Waals surface area contributed by atoms with Crippen molar-refractivity contribution in [3.63, 3.8) is 0 Å². The average Bonchev–Trinajstić information content (AvgIpc) is 2.74. The maximum Gasteiger partial charge on any atom is 0.220 e. The highest BCUT2D eigenvalue weighted by atomic mass is 14.9. The van der Waals surface area contributed by atoms with Crippen LogP contribution in [0.5, 0.6) is 0 Å². The maximum absolute atomic E-state index is 2.41. The molecule has 0 aliphatic carbocycles. The van der Waals surface area contributed by atoms with E-state index in [1.165, 1.54) is 49.8 Å². The van der Waals surface area contributed by atoms with Gasteiger partial charge in [-0.2, -0.15) is 0 Å². The van der Waals surface area contributed by atoms with Gasteiger partial charge in [-0.25, -0.2) is 4.57 Å². The van der Waals surface area contributed by atoms with E-state index in [-0.39, 0.29) is 0 Å². The number of rotatable bonds is 4. The number of aryl methyl sites for hydroxylation is 1. The first-order valence-corrected chi connectivity index (χ1v) is 11.0. The third-order valence-electron chi connectivity index (χ3n) is 6.26. The molecule has 1 heterocycles. The molecule has 1 heteroatoms. The molecule has 0 aliphatic heterocycles. The van der Waals surface area contributed by atoms with Crippen LogP contribution in [0.15, 0.2) is 72.9 Å². The molecule has 3 aromatic carbocycles. The lowest BCUT2D eigenvalue weighted by Crippen LogP contribution is -2.31. The Morgan fingerprint density at radius 2 is 1.47 bits per heavy atom. The van der Waals surface area contributed by atoms with Crippen molar-refractivity contribution in [1.82, 2.24) is 0 Å². The van der Waals surface area contributed by atoms with Crippen molar-refractivity contribution in [3.05, 3.63) is 89.6 Å². The zero-order valence-electron chi connectivity index (χ0n) is 19.0. The SMILES string of the molecule is Cc1c(-c2c3ccc(-c4ccccc4)cc3cc[n+]2C)cc(C(C)C)cc1C(C)C. The molecule has 1 nitrogen and oxygen atoms in total. The van der Waals surface area contributed by atoms with Crippen LogP contribution >= 0.6 is 0 Å². The van der Waals surface area contributed by atoms with Crippen LogP contribution in [0.25, 0.3) is 33.2 Å². The largest absolute Gasteiger partial charge is 0.220 e. The van der Waals surface area contributed by atoms with Crippen LogP contribution < -0.4 is 4.57 Å². The van der Waals surface area contributed by atoms with Gasteiger partial charge in [0.05, 0.1) is 10.9 Å². The van der Waals surface area contributed by atoms with E-state index in [2.05, 4.69) is 119 Å². The number of nitrogens with zero attached hydrogens (tertiary/aromatic N) is 1. The minimum atomic E-state index is 0.506. The highest BCUT2D eigenvalue weighted by molar-refractivity contribution is 5.96. The number of pyridine rings is 1. The van der Waals surface area contributed by atoms with Crippen LogP contribution in [0.2, 0.25) is 0 Å². The van der Waals surface area contributed by atoms with Gasteiger partial charge in [0.2, 0.25) is 5.69 Å². The van der Waals surface area contributed by atoms with Gasteiger partial charge in [0.15, 0.2) is 6.20 Å². The summed E-state index contributed by atoms with van der Waals surface area (Å²) in [5.41, 5.74) is 9.43. The van der Waals surface area contributed by atoms with E-state index in [9.17, 15) is 0 Å². The molecule has 0 atom stereocenters. The van der Waals surface area contributed by atoms with Crippen molar-refractivity contribution >= 4 is 10.8 Å². The van der Waals surface area contributed by atoms with Gasteiger partial charge in [-0.1, -0.05) is 70.2 Å². The number of benzene rings is 3. The highest BCUT2D eigenvalue weighted by Crippen LogP contribution is 2.36. The third kappa shape index (κ3) is 3.65. The summed E-state index contributed by atoms with van der Waals surface area (Å²) in [6, 6.07) is 24.5. The summed E-state index contributed by atoms with van der Waals surface area (Å²) in [7, 11) is 2.16. The van der Waals surface area contributed by atoms with Crippen LogP contribution in [0.3, 0.4) is 0 Å². The lowest BCUT2D eigenvalue weighted by Gasteiger charge is -2.18. The van der Waals surface area contributed by atoms with Crippen LogP contribution in [0, 0.1) is 6.92 Å². The molecule has 0 saturated heterocycles. The molecule has 1 aromatic heterocycles. The molecule has 0 saturated carbocycles. The van der Waals surface area contributed by atoms with Gasteiger partial charge in [-0.05, 0) is 70.2 Å². The number of aromatic nitrogens is 1. The molecule has 4 rings (SSSR count). The van der Waals surface area contributed by atoms with E-state index < -0.39 is 0 Å². The molecular weight excluding hydrogens is 362 g/mol. The Kier molecular flexibility index (Phi) is 5.47. The van der Waals surface area contributed by atoms with E-state index in [1.807, 2.05) is 0 Å². The molecule has 0 radical (unpaired) electrons. The van der Waals surface area contributed by atoms with Crippen molar-refractivity contribution in [2.45, 2.75) is 46.5 Å². The maximum atomic E-state index is 2.41. The summed E-state index contributed by atoms with van der Waals surface area (Å²) < 4.78 is 2.28. The van der Waals surface area contributed by atoms with Gasteiger partial charge in [0.25, 0.3) is 0 Å². The molecule has 152 valence electrons.